The van der Waals surface area contributed by atoms with Gasteiger partial charge >= 0.3 is 0 Å². The molecule has 1 atom stereocenters. The number of carbonyl (C=O) groups excluding carboxylic acids is 1. The number of rotatable bonds is 11. The minimum atomic E-state index is -0.567. The third-order valence-electron chi connectivity index (χ3n) is 7.79. The predicted octanol–water partition coefficient (Wildman–Crippen LogP) is 4.87. The lowest BCUT2D eigenvalue weighted by atomic mass is 10.0. The molecule has 5 aromatic rings. The van der Waals surface area contributed by atoms with Gasteiger partial charge in [-0.1, -0.05) is 24.3 Å². The van der Waals surface area contributed by atoms with Gasteiger partial charge in [0.15, 0.2) is 0 Å². The van der Waals surface area contributed by atoms with Crippen molar-refractivity contribution in [3.8, 4) is 33.4 Å². The van der Waals surface area contributed by atoms with E-state index in [-0.39, 0.29) is 17.2 Å². The van der Waals surface area contributed by atoms with Crippen LogP contribution >= 0.6 is 0 Å². The van der Waals surface area contributed by atoms with Crippen molar-refractivity contribution in [2.24, 2.45) is 0 Å². The lowest BCUT2D eigenvalue weighted by Gasteiger charge is -2.22. The monoisotopic (exact) mass is 638 g/mol. The molecule has 1 aliphatic heterocycles. The van der Waals surface area contributed by atoms with Crippen molar-refractivity contribution in [2.75, 3.05) is 44.1 Å². The molecule has 0 saturated carbocycles. The SMILES string of the molecule is CCOCCn1cc(C(=O)Nc2ccc(-c3cc(-c4cnn(C[C@H]5COCCO5)c4)cnc3N)cc2)c(=O)c(-c2ccc(F)cc2)c1. The average Bonchev–Trinajstić information content (AvgIpc) is 3.55. The summed E-state index contributed by atoms with van der Waals surface area (Å²) < 4.78 is 33.8. The Labute approximate surface area is 270 Å². The van der Waals surface area contributed by atoms with Crippen LogP contribution in [0.25, 0.3) is 33.4 Å². The zero-order valence-electron chi connectivity index (χ0n) is 25.9. The van der Waals surface area contributed by atoms with Crippen LogP contribution in [0.5, 0.6) is 0 Å². The number of nitrogens with one attached hydrogen (secondary N) is 1. The van der Waals surface area contributed by atoms with Crippen LogP contribution in [0.1, 0.15) is 17.3 Å². The number of ether oxygens (including phenoxy) is 3. The van der Waals surface area contributed by atoms with E-state index < -0.39 is 17.2 Å². The molecule has 2 aromatic carbocycles. The molecular weight excluding hydrogens is 603 g/mol. The molecule has 1 saturated heterocycles. The van der Waals surface area contributed by atoms with Crippen LogP contribution in [-0.2, 0) is 27.3 Å². The fourth-order valence-corrected chi connectivity index (χ4v) is 5.33. The summed E-state index contributed by atoms with van der Waals surface area (Å²) in [5.74, 6) is -0.627. The summed E-state index contributed by atoms with van der Waals surface area (Å²) in [6.45, 7) is 5.56. The number of nitrogen functional groups attached to an aromatic ring is 1. The molecule has 3 aromatic heterocycles. The van der Waals surface area contributed by atoms with Gasteiger partial charge in [-0.25, -0.2) is 9.37 Å². The molecule has 242 valence electrons. The van der Waals surface area contributed by atoms with Gasteiger partial charge < -0.3 is 29.8 Å². The highest BCUT2D eigenvalue weighted by atomic mass is 19.1. The van der Waals surface area contributed by atoms with Crippen LogP contribution in [0.3, 0.4) is 0 Å². The molecule has 1 fully saturated rings. The highest BCUT2D eigenvalue weighted by Crippen LogP contribution is 2.30. The van der Waals surface area contributed by atoms with E-state index in [1.165, 1.54) is 30.5 Å². The van der Waals surface area contributed by atoms with E-state index in [1.807, 2.05) is 36.0 Å². The van der Waals surface area contributed by atoms with E-state index in [0.29, 0.717) is 63.2 Å². The Morgan fingerprint density at radius 3 is 2.51 bits per heavy atom. The number of hydrogen-bond acceptors (Lipinski definition) is 8. The maximum atomic E-state index is 13.6. The highest BCUT2D eigenvalue weighted by Gasteiger charge is 2.18. The van der Waals surface area contributed by atoms with Crippen molar-refractivity contribution in [3.05, 3.63) is 107 Å². The number of nitrogens with zero attached hydrogens (tertiary/aromatic N) is 4. The molecule has 3 N–H and O–H groups in total. The summed E-state index contributed by atoms with van der Waals surface area (Å²) in [6.07, 6.45) is 8.52. The molecule has 4 heterocycles. The lowest BCUT2D eigenvalue weighted by Crippen LogP contribution is -2.32. The van der Waals surface area contributed by atoms with Crippen LogP contribution in [0, 0.1) is 5.82 Å². The van der Waals surface area contributed by atoms with E-state index in [0.717, 1.165) is 22.3 Å². The first-order valence-electron chi connectivity index (χ1n) is 15.3. The molecule has 6 rings (SSSR count). The zero-order chi connectivity index (χ0) is 32.8. The summed E-state index contributed by atoms with van der Waals surface area (Å²) in [6, 6.07) is 14.7. The van der Waals surface area contributed by atoms with Crippen molar-refractivity contribution in [1.82, 2.24) is 19.3 Å². The van der Waals surface area contributed by atoms with E-state index in [1.54, 1.807) is 35.3 Å². The van der Waals surface area contributed by atoms with Crippen LogP contribution in [0.15, 0.2) is 90.4 Å². The number of amides is 1. The number of nitrogens with two attached hydrogens (primary N) is 1. The second-order valence-electron chi connectivity index (χ2n) is 11.1. The van der Waals surface area contributed by atoms with Gasteiger partial charge in [-0.05, 0) is 48.4 Å². The van der Waals surface area contributed by atoms with Crippen molar-refractivity contribution < 1.29 is 23.4 Å². The molecule has 1 aliphatic rings. The fraction of sp³-hybridized carbons (Fsp3) is 0.257. The summed E-state index contributed by atoms with van der Waals surface area (Å²) >= 11 is 0. The van der Waals surface area contributed by atoms with Gasteiger partial charge in [-0.15, -0.1) is 0 Å². The Balaban J connectivity index is 1.20. The van der Waals surface area contributed by atoms with E-state index in [9.17, 15) is 14.0 Å². The topological polar surface area (TPSA) is 136 Å². The number of hydrogen-bond donors (Lipinski definition) is 2. The molecular formula is C35H35FN6O5. The van der Waals surface area contributed by atoms with Crippen LogP contribution in [0.4, 0.5) is 15.9 Å². The highest BCUT2D eigenvalue weighted by molar-refractivity contribution is 6.04. The zero-order valence-corrected chi connectivity index (χ0v) is 25.9. The van der Waals surface area contributed by atoms with Gasteiger partial charge in [0.25, 0.3) is 5.91 Å². The Morgan fingerprint density at radius 1 is 1.00 bits per heavy atom. The molecule has 47 heavy (non-hydrogen) atoms. The summed E-state index contributed by atoms with van der Waals surface area (Å²) in [5, 5.41) is 7.30. The molecule has 0 aliphatic carbocycles. The summed E-state index contributed by atoms with van der Waals surface area (Å²) in [4.78, 5) is 31.3. The minimum absolute atomic E-state index is 0.0448. The third kappa shape index (κ3) is 7.63. The number of pyridine rings is 2. The molecule has 0 unspecified atom stereocenters. The first-order chi connectivity index (χ1) is 22.9. The van der Waals surface area contributed by atoms with Crippen molar-refractivity contribution in [2.45, 2.75) is 26.1 Å². The van der Waals surface area contributed by atoms with Crippen molar-refractivity contribution in [1.29, 1.82) is 0 Å². The van der Waals surface area contributed by atoms with Crippen LogP contribution in [-0.4, -0.2) is 64.4 Å². The van der Waals surface area contributed by atoms with Gasteiger partial charge in [0, 0.05) is 65.9 Å². The van der Waals surface area contributed by atoms with E-state index >= 15 is 0 Å². The summed E-state index contributed by atoms with van der Waals surface area (Å²) in [7, 11) is 0. The van der Waals surface area contributed by atoms with Gasteiger partial charge in [-0.2, -0.15) is 5.10 Å². The average molecular weight is 639 g/mol. The van der Waals surface area contributed by atoms with Crippen molar-refractivity contribution >= 4 is 17.4 Å². The Morgan fingerprint density at radius 2 is 1.77 bits per heavy atom. The van der Waals surface area contributed by atoms with Gasteiger partial charge in [0.1, 0.15) is 23.3 Å². The number of aromatic nitrogens is 4. The molecule has 11 nitrogen and oxygen atoms in total. The third-order valence-corrected chi connectivity index (χ3v) is 7.79. The van der Waals surface area contributed by atoms with E-state index in [2.05, 4.69) is 15.4 Å². The molecule has 0 bridgehead atoms. The first kappa shape index (κ1) is 31.8. The second kappa shape index (κ2) is 14.5. The number of halogens is 1. The maximum Gasteiger partial charge on any atom is 0.261 e. The standard InChI is InChI=1S/C35H35FN6O5/c1-2-45-12-11-41-20-31(24-3-7-27(36)8-4-24)33(43)32(21-41)35(44)40-28-9-5-23(6-10-28)30-15-25(16-38-34(30)37)26-17-39-42(18-26)19-29-22-46-13-14-47-29/h3-10,15-18,20-21,29H,2,11-14,19,22H2,1H3,(H2,37,38)(H,40,44)/t29-/m0/s1. The predicted molar refractivity (Wildman–Crippen MR) is 176 cm³/mol. The molecule has 0 radical (unpaired) electrons. The largest absolute Gasteiger partial charge is 0.383 e. The number of anilines is 2. The quantitative estimate of drug-likeness (QED) is 0.196. The smallest absolute Gasteiger partial charge is 0.261 e. The minimum Gasteiger partial charge on any atom is -0.383 e. The van der Waals surface area contributed by atoms with Crippen LogP contribution < -0.4 is 16.5 Å². The van der Waals surface area contributed by atoms with Crippen LogP contribution in [0.2, 0.25) is 0 Å². The lowest BCUT2D eigenvalue weighted by molar-refractivity contribution is -0.0946. The molecule has 12 heteroatoms. The Kier molecular flexibility index (Phi) is 9.81. The van der Waals surface area contributed by atoms with E-state index in [4.69, 9.17) is 19.9 Å². The van der Waals surface area contributed by atoms with Gasteiger partial charge in [0.05, 0.1) is 39.2 Å². The Hall–Kier alpha value is -5.17. The normalized spacial score (nSPS) is 14.6. The maximum absolute atomic E-state index is 13.6. The number of benzene rings is 2. The first-order valence-corrected chi connectivity index (χ1v) is 15.3. The summed E-state index contributed by atoms with van der Waals surface area (Å²) in [5.41, 5.74) is 10.3. The second-order valence-corrected chi connectivity index (χ2v) is 11.1. The Bertz CT molecular complexity index is 1900. The van der Waals surface area contributed by atoms with Gasteiger partial charge in [-0.3, -0.25) is 14.3 Å². The van der Waals surface area contributed by atoms with Gasteiger partial charge in [0.2, 0.25) is 5.43 Å². The van der Waals surface area contributed by atoms with Crippen molar-refractivity contribution in [3.63, 3.8) is 0 Å². The molecule has 0 spiro atoms. The number of carbonyl (C=O) groups is 1. The fourth-order valence-electron chi connectivity index (χ4n) is 5.33. The molecule has 1 amide bonds.